The molecule has 0 radical (unpaired) electrons. The Morgan fingerprint density at radius 3 is 1.92 bits per heavy atom. The lowest BCUT2D eigenvalue weighted by Gasteiger charge is -2.20. The first kappa shape index (κ1) is 31.2. The predicted molar refractivity (Wildman–Crippen MR) is 130 cm³/mol. The van der Waals surface area contributed by atoms with Gasteiger partial charge in [0.05, 0.1) is 6.61 Å². The molecule has 1 aliphatic rings. The van der Waals surface area contributed by atoms with Gasteiger partial charge < -0.3 is 31.7 Å². The van der Waals surface area contributed by atoms with Crippen LogP contribution in [0.25, 0.3) is 0 Å². The zero-order valence-electron chi connectivity index (χ0n) is 21.3. The van der Waals surface area contributed by atoms with Crippen LogP contribution in [0.15, 0.2) is 12.2 Å². The number of nitrogens with one attached hydrogen (secondary N) is 4. The highest BCUT2D eigenvalue weighted by molar-refractivity contribution is 6.12. The molecule has 0 spiro atoms. The van der Waals surface area contributed by atoms with E-state index in [-0.39, 0.29) is 50.4 Å². The summed E-state index contributed by atoms with van der Waals surface area (Å²) in [6, 6.07) is -2.78. The number of primary amides is 1. The van der Waals surface area contributed by atoms with E-state index in [1.807, 2.05) is 0 Å². The first-order valence-electron chi connectivity index (χ1n) is 12.0. The number of imide groups is 1. The summed E-state index contributed by atoms with van der Waals surface area (Å²) in [5, 5.41) is 9.91. The standard InChI is InChI=1S/C23H36N6O8/c1-14(21(34)25-13-37-12-10-17(24)30)27-23(36)16(3)28-22(35)15(2)26-18(31)7-5-4-6-11-29-19(32)8-9-20(29)33/h8-9,14-16H,4-7,10-13H2,1-3H3,(H2,24,30)(H,25,34)(H,26,31)(H,27,36)(H,28,35)/t14-,15-,16-/m0/s1. The number of hydrogen-bond donors (Lipinski definition) is 5. The van der Waals surface area contributed by atoms with Crippen molar-refractivity contribution in [2.75, 3.05) is 19.9 Å². The number of rotatable bonds is 17. The molecule has 37 heavy (non-hydrogen) atoms. The molecule has 0 saturated carbocycles. The van der Waals surface area contributed by atoms with Gasteiger partial charge in [-0.25, -0.2) is 0 Å². The number of nitrogens with zero attached hydrogens (tertiary/aromatic N) is 1. The molecule has 0 aromatic rings. The number of carbonyl (C=O) groups excluding carboxylic acids is 7. The summed E-state index contributed by atoms with van der Waals surface area (Å²) in [6.45, 7) is 4.54. The second kappa shape index (κ2) is 16.0. The normalized spacial score (nSPS) is 15.1. The molecule has 0 aliphatic carbocycles. The minimum absolute atomic E-state index is 0.0154. The predicted octanol–water partition coefficient (Wildman–Crippen LogP) is -2.05. The van der Waals surface area contributed by atoms with Gasteiger partial charge in [-0.3, -0.25) is 38.5 Å². The van der Waals surface area contributed by atoms with Gasteiger partial charge in [0, 0.05) is 31.5 Å². The molecular weight excluding hydrogens is 488 g/mol. The molecule has 0 aromatic heterocycles. The van der Waals surface area contributed by atoms with E-state index in [1.54, 1.807) is 0 Å². The lowest BCUT2D eigenvalue weighted by molar-refractivity contribution is -0.137. The third kappa shape index (κ3) is 12.1. The summed E-state index contributed by atoms with van der Waals surface area (Å²) in [5.41, 5.74) is 4.97. The summed E-state index contributed by atoms with van der Waals surface area (Å²) in [5.74, 6) is -3.26. The van der Waals surface area contributed by atoms with Crippen molar-refractivity contribution in [2.45, 2.75) is 71.0 Å². The minimum atomic E-state index is -0.973. The molecule has 1 rings (SSSR count). The molecule has 0 unspecified atom stereocenters. The molecule has 14 heteroatoms. The van der Waals surface area contributed by atoms with Crippen LogP contribution in [0, 0.1) is 0 Å². The Morgan fingerprint density at radius 1 is 0.811 bits per heavy atom. The maximum absolute atomic E-state index is 12.3. The molecule has 7 amide bonds. The average molecular weight is 525 g/mol. The Hall–Kier alpha value is -3.81. The number of hydrogen-bond acceptors (Lipinski definition) is 8. The van der Waals surface area contributed by atoms with Gasteiger partial charge in [0.2, 0.25) is 29.5 Å². The molecule has 0 bridgehead atoms. The van der Waals surface area contributed by atoms with E-state index in [4.69, 9.17) is 10.5 Å². The second-order valence-electron chi connectivity index (χ2n) is 8.53. The number of unbranched alkanes of at least 4 members (excludes halogenated alkanes) is 2. The van der Waals surface area contributed by atoms with Gasteiger partial charge in [0.1, 0.15) is 24.9 Å². The third-order valence-corrected chi connectivity index (χ3v) is 5.30. The minimum Gasteiger partial charge on any atom is -0.370 e. The lowest BCUT2D eigenvalue weighted by atomic mass is 10.1. The fraction of sp³-hybridized carbons (Fsp3) is 0.609. The molecule has 1 aliphatic heterocycles. The summed E-state index contributed by atoms with van der Waals surface area (Å²) in [7, 11) is 0. The highest BCUT2D eigenvalue weighted by atomic mass is 16.5. The van der Waals surface area contributed by atoms with Crippen molar-refractivity contribution in [3.63, 3.8) is 0 Å². The van der Waals surface area contributed by atoms with Crippen LogP contribution in [-0.4, -0.2) is 84.3 Å². The van der Waals surface area contributed by atoms with Crippen molar-refractivity contribution in [1.82, 2.24) is 26.2 Å². The van der Waals surface area contributed by atoms with Gasteiger partial charge in [-0.2, -0.15) is 0 Å². The van der Waals surface area contributed by atoms with Crippen LogP contribution in [0.5, 0.6) is 0 Å². The van der Waals surface area contributed by atoms with Crippen molar-refractivity contribution in [2.24, 2.45) is 5.73 Å². The number of ether oxygens (including phenoxy) is 1. The molecule has 14 nitrogen and oxygen atoms in total. The Morgan fingerprint density at radius 2 is 1.35 bits per heavy atom. The summed E-state index contributed by atoms with van der Waals surface area (Å²) in [6.07, 6.45) is 4.31. The van der Waals surface area contributed by atoms with Crippen molar-refractivity contribution < 1.29 is 38.3 Å². The lowest BCUT2D eigenvalue weighted by Crippen LogP contribution is -2.54. The molecule has 0 aromatic carbocycles. The van der Waals surface area contributed by atoms with Crippen molar-refractivity contribution in [1.29, 1.82) is 0 Å². The van der Waals surface area contributed by atoms with Gasteiger partial charge in [-0.05, 0) is 33.6 Å². The van der Waals surface area contributed by atoms with Crippen LogP contribution in [0.4, 0.5) is 0 Å². The zero-order valence-corrected chi connectivity index (χ0v) is 21.3. The summed E-state index contributed by atoms with van der Waals surface area (Å²) >= 11 is 0. The van der Waals surface area contributed by atoms with E-state index >= 15 is 0 Å². The van der Waals surface area contributed by atoms with Gasteiger partial charge in [-0.1, -0.05) is 6.42 Å². The number of carbonyl (C=O) groups is 7. The average Bonchev–Trinajstić information content (AvgIpc) is 3.15. The fourth-order valence-electron chi connectivity index (χ4n) is 3.09. The van der Waals surface area contributed by atoms with Crippen LogP contribution >= 0.6 is 0 Å². The molecule has 3 atom stereocenters. The number of amides is 7. The van der Waals surface area contributed by atoms with Gasteiger partial charge >= 0.3 is 0 Å². The molecule has 6 N–H and O–H groups in total. The van der Waals surface area contributed by atoms with Crippen LogP contribution in [0.3, 0.4) is 0 Å². The Kier molecular flexibility index (Phi) is 13.5. The Balaban J connectivity index is 2.24. The van der Waals surface area contributed by atoms with Crippen LogP contribution < -0.4 is 27.0 Å². The van der Waals surface area contributed by atoms with Crippen molar-refractivity contribution in [3.05, 3.63) is 12.2 Å². The first-order chi connectivity index (χ1) is 17.4. The zero-order chi connectivity index (χ0) is 28.0. The van der Waals surface area contributed by atoms with Crippen molar-refractivity contribution in [3.8, 4) is 0 Å². The van der Waals surface area contributed by atoms with E-state index in [0.29, 0.717) is 19.3 Å². The van der Waals surface area contributed by atoms with E-state index in [2.05, 4.69) is 21.3 Å². The van der Waals surface area contributed by atoms with E-state index in [9.17, 15) is 33.6 Å². The third-order valence-electron chi connectivity index (χ3n) is 5.30. The molecule has 0 saturated heterocycles. The van der Waals surface area contributed by atoms with E-state index < -0.39 is 41.8 Å². The number of nitrogens with two attached hydrogens (primary N) is 1. The highest BCUT2D eigenvalue weighted by Crippen LogP contribution is 2.07. The SMILES string of the molecule is C[C@H](NC(=O)CCCCCN1C(=O)C=CC1=O)C(=O)N[C@@H](C)C(=O)N[C@@H](C)C(=O)NCOCCC(N)=O. The monoisotopic (exact) mass is 524 g/mol. The Labute approximate surface area is 215 Å². The van der Waals surface area contributed by atoms with E-state index in [0.717, 1.165) is 4.90 Å². The molecule has 206 valence electrons. The smallest absolute Gasteiger partial charge is 0.253 e. The molecular formula is C23H36N6O8. The van der Waals surface area contributed by atoms with Crippen LogP contribution in [0.1, 0.15) is 52.9 Å². The topological polar surface area (TPSA) is 206 Å². The van der Waals surface area contributed by atoms with Gasteiger partial charge in [-0.15, -0.1) is 0 Å². The molecule has 0 fully saturated rings. The largest absolute Gasteiger partial charge is 0.370 e. The first-order valence-corrected chi connectivity index (χ1v) is 12.0. The maximum atomic E-state index is 12.3. The highest BCUT2D eigenvalue weighted by Gasteiger charge is 2.24. The van der Waals surface area contributed by atoms with Crippen molar-refractivity contribution >= 4 is 41.4 Å². The Bertz CT molecular complexity index is 888. The fourth-order valence-corrected chi connectivity index (χ4v) is 3.09. The van der Waals surface area contributed by atoms with E-state index in [1.165, 1.54) is 32.9 Å². The van der Waals surface area contributed by atoms with Crippen LogP contribution in [-0.2, 0) is 38.3 Å². The van der Waals surface area contributed by atoms with Gasteiger partial charge in [0.15, 0.2) is 0 Å². The maximum Gasteiger partial charge on any atom is 0.253 e. The second-order valence-corrected chi connectivity index (χ2v) is 8.53. The van der Waals surface area contributed by atoms with Crippen LogP contribution in [0.2, 0.25) is 0 Å². The van der Waals surface area contributed by atoms with Gasteiger partial charge in [0.25, 0.3) is 11.8 Å². The molecule has 1 heterocycles. The quantitative estimate of drug-likeness (QED) is 0.0811. The summed E-state index contributed by atoms with van der Waals surface area (Å²) < 4.78 is 5.03. The summed E-state index contributed by atoms with van der Waals surface area (Å²) in [4.78, 5) is 83.5.